The zero-order chi connectivity index (χ0) is 14.5. The predicted molar refractivity (Wildman–Crippen MR) is 73.8 cm³/mol. The molecule has 0 aliphatic rings. The summed E-state index contributed by atoms with van der Waals surface area (Å²) in [6.45, 7) is 1.72. The lowest BCUT2D eigenvalue weighted by molar-refractivity contribution is 0.215. The lowest BCUT2D eigenvalue weighted by atomic mass is 10.2. The Morgan fingerprint density at radius 3 is 2.55 bits per heavy atom. The number of ether oxygens (including phenoxy) is 2. The molecule has 0 heterocycles. The zero-order valence-corrected chi connectivity index (χ0v) is 11.1. The lowest BCUT2D eigenvalue weighted by Crippen LogP contribution is -2.17. The van der Waals surface area contributed by atoms with Crippen LogP contribution in [0.3, 0.4) is 0 Å². The van der Waals surface area contributed by atoms with Gasteiger partial charge in [0.25, 0.3) is 0 Å². The molecule has 0 saturated carbocycles. The van der Waals surface area contributed by atoms with E-state index in [0.29, 0.717) is 17.1 Å². The van der Waals surface area contributed by atoms with E-state index in [1.54, 1.807) is 37.3 Å². The molecule has 2 aromatic rings. The Morgan fingerprint density at radius 2 is 1.90 bits per heavy atom. The average molecular weight is 275 g/mol. The van der Waals surface area contributed by atoms with Gasteiger partial charge in [-0.3, -0.25) is 5.32 Å². The summed E-state index contributed by atoms with van der Waals surface area (Å²) in [5, 5.41) is 2.34. The van der Waals surface area contributed by atoms with Crippen molar-refractivity contribution in [2.45, 2.75) is 6.92 Å². The molecule has 1 amide bonds. The van der Waals surface area contributed by atoms with Gasteiger partial charge in [-0.1, -0.05) is 18.2 Å². The molecule has 20 heavy (non-hydrogen) atoms. The molecule has 0 fully saturated rings. The number of para-hydroxylation sites is 1. The standard InChI is InChI=1S/C15H14FNO3/c1-10-8-12(16)13(9-14(10)19-2)17-15(18)20-11-6-4-3-5-7-11/h3-9H,1-2H3,(H,17,18). The molecule has 0 unspecified atom stereocenters. The normalized spacial score (nSPS) is 9.95. The van der Waals surface area contributed by atoms with E-state index in [-0.39, 0.29) is 5.69 Å². The first-order valence-electron chi connectivity index (χ1n) is 5.98. The van der Waals surface area contributed by atoms with Crippen LogP contribution in [0.1, 0.15) is 5.56 Å². The van der Waals surface area contributed by atoms with Crippen LogP contribution in [0.2, 0.25) is 0 Å². The molecule has 0 aliphatic carbocycles. The number of anilines is 1. The van der Waals surface area contributed by atoms with Crippen LogP contribution in [0.5, 0.6) is 11.5 Å². The number of carbonyl (C=O) groups is 1. The van der Waals surface area contributed by atoms with Gasteiger partial charge in [0.15, 0.2) is 0 Å². The summed E-state index contributed by atoms with van der Waals surface area (Å²) in [7, 11) is 1.48. The molecular weight excluding hydrogens is 261 g/mol. The molecule has 0 radical (unpaired) electrons. The van der Waals surface area contributed by atoms with Gasteiger partial charge in [-0.25, -0.2) is 9.18 Å². The summed E-state index contributed by atoms with van der Waals surface area (Å²) in [5.41, 5.74) is 0.653. The Bertz CT molecular complexity index is 614. The lowest BCUT2D eigenvalue weighted by Gasteiger charge is -2.10. The first-order valence-corrected chi connectivity index (χ1v) is 5.98. The second-order valence-corrected chi connectivity index (χ2v) is 4.13. The fraction of sp³-hybridized carbons (Fsp3) is 0.133. The van der Waals surface area contributed by atoms with Crippen molar-refractivity contribution in [3.63, 3.8) is 0 Å². The summed E-state index contributed by atoms with van der Waals surface area (Å²) in [5.74, 6) is 0.319. The minimum absolute atomic E-state index is 0.00776. The van der Waals surface area contributed by atoms with Crippen LogP contribution in [0.15, 0.2) is 42.5 Å². The van der Waals surface area contributed by atoms with Crippen molar-refractivity contribution in [1.29, 1.82) is 0 Å². The summed E-state index contributed by atoms with van der Waals surface area (Å²) in [4.78, 5) is 11.7. The monoisotopic (exact) mass is 275 g/mol. The Balaban J connectivity index is 2.12. The second-order valence-electron chi connectivity index (χ2n) is 4.13. The number of benzene rings is 2. The summed E-state index contributed by atoms with van der Waals surface area (Å²) in [6.07, 6.45) is -0.763. The van der Waals surface area contributed by atoms with Crippen molar-refractivity contribution >= 4 is 11.8 Å². The maximum absolute atomic E-state index is 13.7. The van der Waals surface area contributed by atoms with Crippen LogP contribution in [0.4, 0.5) is 14.9 Å². The largest absolute Gasteiger partial charge is 0.496 e. The van der Waals surface area contributed by atoms with Crippen LogP contribution in [0, 0.1) is 12.7 Å². The number of methoxy groups -OCH3 is 1. The number of aryl methyl sites for hydroxylation is 1. The molecule has 0 aliphatic heterocycles. The van der Waals surface area contributed by atoms with Gasteiger partial charge >= 0.3 is 6.09 Å². The SMILES string of the molecule is COc1cc(NC(=O)Oc2ccccc2)c(F)cc1C. The maximum atomic E-state index is 13.7. The Labute approximate surface area is 116 Å². The summed E-state index contributed by atoms with van der Waals surface area (Å²) in [6, 6.07) is 11.2. The molecular formula is C15H14FNO3. The van der Waals surface area contributed by atoms with Crippen LogP contribution in [0.25, 0.3) is 0 Å². The van der Waals surface area contributed by atoms with E-state index < -0.39 is 11.9 Å². The van der Waals surface area contributed by atoms with Crippen molar-refractivity contribution in [2.75, 3.05) is 12.4 Å². The molecule has 1 N–H and O–H groups in total. The number of hydrogen-bond acceptors (Lipinski definition) is 3. The quantitative estimate of drug-likeness (QED) is 0.927. The minimum Gasteiger partial charge on any atom is -0.496 e. The maximum Gasteiger partial charge on any atom is 0.417 e. The van der Waals surface area contributed by atoms with Gasteiger partial charge in [0.1, 0.15) is 17.3 Å². The predicted octanol–water partition coefficient (Wildman–Crippen LogP) is 3.75. The number of carbonyl (C=O) groups excluding carboxylic acids is 1. The van der Waals surface area contributed by atoms with E-state index in [1.165, 1.54) is 19.2 Å². The Kier molecular flexibility index (Phi) is 4.20. The highest BCUT2D eigenvalue weighted by atomic mass is 19.1. The van der Waals surface area contributed by atoms with E-state index >= 15 is 0 Å². The van der Waals surface area contributed by atoms with Gasteiger partial charge in [0.05, 0.1) is 12.8 Å². The number of nitrogens with one attached hydrogen (secondary N) is 1. The highest BCUT2D eigenvalue weighted by molar-refractivity contribution is 5.86. The third kappa shape index (κ3) is 3.26. The van der Waals surface area contributed by atoms with Crippen molar-refractivity contribution in [3.05, 3.63) is 53.8 Å². The van der Waals surface area contributed by atoms with E-state index in [0.717, 1.165) is 0 Å². The molecule has 0 spiro atoms. The van der Waals surface area contributed by atoms with E-state index in [9.17, 15) is 9.18 Å². The molecule has 0 atom stereocenters. The van der Waals surface area contributed by atoms with Gasteiger partial charge < -0.3 is 9.47 Å². The third-order valence-corrected chi connectivity index (χ3v) is 2.68. The molecule has 0 saturated heterocycles. The molecule has 4 nitrogen and oxygen atoms in total. The second kappa shape index (κ2) is 6.06. The third-order valence-electron chi connectivity index (χ3n) is 2.68. The first-order chi connectivity index (χ1) is 9.60. The summed E-state index contributed by atoms with van der Waals surface area (Å²) >= 11 is 0. The van der Waals surface area contributed by atoms with Gasteiger partial charge in [0.2, 0.25) is 0 Å². The Hall–Kier alpha value is -2.56. The van der Waals surface area contributed by atoms with Crippen LogP contribution in [-0.2, 0) is 0 Å². The topological polar surface area (TPSA) is 47.6 Å². The fourth-order valence-corrected chi connectivity index (χ4v) is 1.70. The highest BCUT2D eigenvalue weighted by Crippen LogP contribution is 2.25. The number of halogens is 1. The summed E-state index contributed by atoms with van der Waals surface area (Å²) < 4.78 is 23.8. The van der Waals surface area contributed by atoms with Crippen LogP contribution in [-0.4, -0.2) is 13.2 Å². The van der Waals surface area contributed by atoms with Gasteiger partial charge in [-0.05, 0) is 30.7 Å². The fourth-order valence-electron chi connectivity index (χ4n) is 1.70. The highest BCUT2D eigenvalue weighted by Gasteiger charge is 2.12. The smallest absolute Gasteiger partial charge is 0.417 e. The van der Waals surface area contributed by atoms with Crippen molar-refractivity contribution in [3.8, 4) is 11.5 Å². The number of amides is 1. The average Bonchev–Trinajstić information content (AvgIpc) is 2.43. The van der Waals surface area contributed by atoms with E-state index in [2.05, 4.69) is 5.32 Å². The van der Waals surface area contributed by atoms with E-state index in [1.807, 2.05) is 0 Å². The van der Waals surface area contributed by atoms with Crippen LogP contribution < -0.4 is 14.8 Å². The first kappa shape index (κ1) is 13.9. The van der Waals surface area contributed by atoms with Crippen LogP contribution >= 0.6 is 0 Å². The van der Waals surface area contributed by atoms with Crippen molar-refractivity contribution in [1.82, 2.24) is 0 Å². The molecule has 5 heteroatoms. The van der Waals surface area contributed by atoms with Gasteiger partial charge in [-0.2, -0.15) is 0 Å². The van der Waals surface area contributed by atoms with E-state index in [4.69, 9.17) is 9.47 Å². The molecule has 104 valence electrons. The minimum atomic E-state index is -0.763. The number of hydrogen-bond donors (Lipinski definition) is 1. The van der Waals surface area contributed by atoms with Gasteiger partial charge in [0, 0.05) is 6.07 Å². The van der Waals surface area contributed by atoms with Crippen molar-refractivity contribution < 1.29 is 18.7 Å². The number of rotatable bonds is 3. The molecule has 2 aromatic carbocycles. The van der Waals surface area contributed by atoms with Gasteiger partial charge in [-0.15, -0.1) is 0 Å². The van der Waals surface area contributed by atoms with Crippen molar-refractivity contribution in [2.24, 2.45) is 0 Å². The molecule has 0 aromatic heterocycles. The molecule has 0 bridgehead atoms. The Morgan fingerprint density at radius 1 is 1.20 bits per heavy atom. The zero-order valence-electron chi connectivity index (χ0n) is 11.1. The molecule has 2 rings (SSSR count).